The molecule has 10 heavy (non-hydrogen) atoms. The van der Waals surface area contributed by atoms with Gasteiger partial charge in [0.25, 0.3) is 0 Å². The Morgan fingerprint density at radius 2 is 2.40 bits per heavy atom. The normalized spacial score (nSPS) is 9.10. The van der Waals surface area contributed by atoms with Crippen LogP contribution < -0.4 is 5.73 Å². The van der Waals surface area contributed by atoms with Gasteiger partial charge in [0.05, 0.1) is 6.54 Å². The maximum absolute atomic E-state index is 5.36. The van der Waals surface area contributed by atoms with Crippen LogP contribution in [0.5, 0.6) is 0 Å². The molecule has 0 aromatic carbocycles. The van der Waals surface area contributed by atoms with Gasteiger partial charge in [-0.15, -0.1) is 12.4 Å². The zero-order valence-electron chi connectivity index (χ0n) is 5.54. The van der Waals surface area contributed by atoms with Gasteiger partial charge < -0.3 is 10.3 Å². The standard InChI is InChI=1S/C5H8BrN3.ClH/c1-9-3-4(6)8-5(9)2-7;/h3H,2,7H2,1H3;1H. The number of aryl methyl sites for hydroxylation is 1. The maximum atomic E-state index is 5.36. The van der Waals surface area contributed by atoms with E-state index in [1.54, 1.807) is 0 Å². The van der Waals surface area contributed by atoms with Gasteiger partial charge in [0.2, 0.25) is 0 Å². The van der Waals surface area contributed by atoms with Crippen molar-refractivity contribution in [2.45, 2.75) is 6.54 Å². The van der Waals surface area contributed by atoms with Gasteiger partial charge in [-0.3, -0.25) is 0 Å². The molecule has 0 radical (unpaired) electrons. The Kier molecular flexibility index (Phi) is 3.93. The number of hydrogen-bond acceptors (Lipinski definition) is 2. The molecule has 1 aromatic rings. The minimum atomic E-state index is 0. The first kappa shape index (κ1) is 9.94. The molecular weight excluding hydrogens is 217 g/mol. The number of hydrogen-bond donors (Lipinski definition) is 1. The zero-order chi connectivity index (χ0) is 6.85. The number of nitrogens with two attached hydrogens (primary N) is 1. The summed E-state index contributed by atoms with van der Waals surface area (Å²) in [7, 11) is 1.92. The van der Waals surface area contributed by atoms with Crippen molar-refractivity contribution in [2.75, 3.05) is 0 Å². The Morgan fingerprint density at radius 3 is 2.60 bits per heavy atom. The van der Waals surface area contributed by atoms with Gasteiger partial charge >= 0.3 is 0 Å². The summed E-state index contributed by atoms with van der Waals surface area (Å²) in [6, 6.07) is 0. The molecule has 0 amide bonds. The molecule has 2 N–H and O–H groups in total. The molecular formula is C5H9BrClN3. The van der Waals surface area contributed by atoms with Crippen LogP contribution in [0.2, 0.25) is 0 Å². The van der Waals surface area contributed by atoms with Crippen LogP contribution >= 0.6 is 28.3 Å². The molecule has 0 aliphatic carbocycles. The lowest BCUT2D eigenvalue weighted by Gasteiger charge is -1.92. The molecule has 0 bridgehead atoms. The summed E-state index contributed by atoms with van der Waals surface area (Å²) in [5, 5.41) is 0. The molecule has 58 valence electrons. The smallest absolute Gasteiger partial charge is 0.124 e. The first-order valence-corrected chi connectivity index (χ1v) is 3.41. The first-order chi connectivity index (χ1) is 4.24. The third kappa shape index (κ3) is 1.97. The van der Waals surface area contributed by atoms with Gasteiger partial charge in [0.15, 0.2) is 0 Å². The van der Waals surface area contributed by atoms with Crippen molar-refractivity contribution in [3.05, 3.63) is 16.6 Å². The molecule has 0 aliphatic rings. The highest BCUT2D eigenvalue weighted by molar-refractivity contribution is 9.10. The summed E-state index contributed by atoms with van der Waals surface area (Å²) < 4.78 is 2.73. The minimum absolute atomic E-state index is 0. The Morgan fingerprint density at radius 1 is 1.80 bits per heavy atom. The number of aromatic nitrogens is 2. The average Bonchev–Trinajstić information content (AvgIpc) is 2.10. The molecule has 1 aromatic heterocycles. The molecule has 0 spiro atoms. The molecule has 0 saturated heterocycles. The molecule has 0 atom stereocenters. The van der Waals surface area contributed by atoms with E-state index in [1.807, 2.05) is 17.8 Å². The predicted molar refractivity (Wildman–Crippen MR) is 46.0 cm³/mol. The van der Waals surface area contributed by atoms with E-state index in [1.165, 1.54) is 0 Å². The monoisotopic (exact) mass is 225 g/mol. The molecule has 0 aliphatic heterocycles. The van der Waals surface area contributed by atoms with Crippen molar-refractivity contribution in [3.8, 4) is 0 Å². The zero-order valence-corrected chi connectivity index (χ0v) is 7.94. The fourth-order valence-corrected chi connectivity index (χ4v) is 1.17. The molecule has 5 heteroatoms. The highest BCUT2D eigenvalue weighted by Gasteiger charge is 1.97. The number of halogens is 2. The Labute approximate surface area is 74.2 Å². The highest BCUT2D eigenvalue weighted by atomic mass is 79.9. The predicted octanol–water partition coefficient (Wildman–Crippen LogP) is 1.06. The lowest BCUT2D eigenvalue weighted by molar-refractivity contribution is 0.793. The molecule has 1 rings (SSSR count). The van der Waals surface area contributed by atoms with Crippen molar-refractivity contribution in [1.29, 1.82) is 0 Å². The lowest BCUT2D eigenvalue weighted by Crippen LogP contribution is -2.03. The Bertz CT molecular complexity index is 211. The van der Waals surface area contributed by atoms with Crippen LogP contribution in [0.15, 0.2) is 10.8 Å². The maximum Gasteiger partial charge on any atom is 0.124 e. The topological polar surface area (TPSA) is 43.8 Å². The molecule has 1 heterocycles. The fourth-order valence-electron chi connectivity index (χ4n) is 0.655. The van der Waals surface area contributed by atoms with Crippen LogP contribution in [-0.4, -0.2) is 9.55 Å². The quantitative estimate of drug-likeness (QED) is 0.778. The van der Waals surface area contributed by atoms with E-state index < -0.39 is 0 Å². The van der Waals surface area contributed by atoms with Gasteiger partial charge in [-0.2, -0.15) is 0 Å². The van der Waals surface area contributed by atoms with Crippen LogP contribution in [-0.2, 0) is 13.6 Å². The third-order valence-electron chi connectivity index (χ3n) is 1.13. The summed E-state index contributed by atoms with van der Waals surface area (Å²) in [4.78, 5) is 4.08. The summed E-state index contributed by atoms with van der Waals surface area (Å²) in [5.74, 6) is 0.891. The van der Waals surface area contributed by atoms with E-state index in [4.69, 9.17) is 5.73 Å². The van der Waals surface area contributed by atoms with E-state index in [0.717, 1.165) is 10.4 Å². The summed E-state index contributed by atoms with van der Waals surface area (Å²) in [6.45, 7) is 0.488. The van der Waals surface area contributed by atoms with Crippen molar-refractivity contribution in [3.63, 3.8) is 0 Å². The summed E-state index contributed by atoms with van der Waals surface area (Å²) in [6.07, 6.45) is 1.88. The van der Waals surface area contributed by atoms with Crippen LogP contribution in [0.1, 0.15) is 5.82 Å². The van der Waals surface area contributed by atoms with Gasteiger partial charge in [-0.25, -0.2) is 4.98 Å². The largest absolute Gasteiger partial charge is 0.336 e. The number of nitrogens with zero attached hydrogens (tertiary/aromatic N) is 2. The Hall–Kier alpha value is -0.0600. The van der Waals surface area contributed by atoms with Crippen LogP contribution in [0.3, 0.4) is 0 Å². The van der Waals surface area contributed by atoms with Crippen molar-refractivity contribution >= 4 is 28.3 Å². The van der Waals surface area contributed by atoms with E-state index in [0.29, 0.717) is 6.54 Å². The van der Waals surface area contributed by atoms with Gasteiger partial charge in [0.1, 0.15) is 10.4 Å². The van der Waals surface area contributed by atoms with E-state index in [-0.39, 0.29) is 12.4 Å². The van der Waals surface area contributed by atoms with Crippen molar-refractivity contribution < 1.29 is 0 Å². The second-order valence-corrected chi connectivity index (χ2v) is 2.61. The van der Waals surface area contributed by atoms with Crippen LogP contribution in [0.25, 0.3) is 0 Å². The van der Waals surface area contributed by atoms with Crippen LogP contribution in [0.4, 0.5) is 0 Å². The lowest BCUT2D eigenvalue weighted by atomic mass is 10.6. The first-order valence-electron chi connectivity index (χ1n) is 2.62. The third-order valence-corrected chi connectivity index (χ3v) is 1.51. The van der Waals surface area contributed by atoms with E-state index in [2.05, 4.69) is 20.9 Å². The van der Waals surface area contributed by atoms with Crippen molar-refractivity contribution in [2.24, 2.45) is 12.8 Å². The number of imidazole rings is 1. The SMILES string of the molecule is Cl.Cn1cc(Br)nc1CN. The molecule has 0 unspecified atom stereocenters. The van der Waals surface area contributed by atoms with Gasteiger partial charge in [-0.1, -0.05) is 0 Å². The average molecular weight is 227 g/mol. The Balaban J connectivity index is 0.000000810. The fraction of sp³-hybridized carbons (Fsp3) is 0.400. The van der Waals surface area contributed by atoms with E-state index in [9.17, 15) is 0 Å². The summed E-state index contributed by atoms with van der Waals surface area (Å²) >= 11 is 3.24. The van der Waals surface area contributed by atoms with Gasteiger partial charge in [0, 0.05) is 13.2 Å². The molecule has 0 fully saturated rings. The summed E-state index contributed by atoms with van der Waals surface area (Å²) in [5.41, 5.74) is 5.36. The number of rotatable bonds is 1. The minimum Gasteiger partial charge on any atom is -0.336 e. The van der Waals surface area contributed by atoms with Crippen molar-refractivity contribution in [1.82, 2.24) is 9.55 Å². The highest BCUT2D eigenvalue weighted by Crippen LogP contribution is 2.06. The van der Waals surface area contributed by atoms with E-state index >= 15 is 0 Å². The molecule has 3 nitrogen and oxygen atoms in total. The second-order valence-electron chi connectivity index (χ2n) is 1.79. The van der Waals surface area contributed by atoms with Crippen LogP contribution in [0, 0.1) is 0 Å². The van der Waals surface area contributed by atoms with Gasteiger partial charge in [-0.05, 0) is 15.9 Å². The molecule has 0 saturated carbocycles. The second kappa shape index (κ2) is 3.95.